The molecule has 3 rings (SSSR count). The highest BCUT2D eigenvalue weighted by molar-refractivity contribution is 7.09. The van der Waals surface area contributed by atoms with Gasteiger partial charge in [-0.1, -0.05) is 18.2 Å². The van der Waals surface area contributed by atoms with Crippen LogP contribution in [0.1, 0.15) is 17.1 Å². The summed E-state index contributed by atoms with van der Waals surface area (Å²) in [5.41, 5.74) is 2.19. The van der Waals surface area contributed by atoms with E-state index in [0.717, 1.165) is 42.8 Å². The van der Waals surface area contributed by atoms with E-state index in [2.05, 4.69) is 38.9 Å². The molecule has 0 aliphatic rings. The van der Waals surface area contributed by atoms with Crippen LogP contribution in [0, 0.1) is 0 Å². The topological polar surface area (TPSA) is 40.7 Å². The lowest BCUT2D eigenvalue weighted by Crippen LogP contribution is -2.14. The molecule has 19 heavy (non-hydrogen) atoms. The molecule has 0 aliphatic heterocycles. The van der Waals surface area contributed by atoms with Gasteiger partial charge in [0.1, 0.15) is 5.82 Å². The number of hydrogen-bond donors (Lipinski definition) is 2. The Hall–Kier alpha value is -1.65. The Morgan fingerprint density at radius 3 is 2.95 bits per heavy atom. The van der Waals surface area contributed by atoms with Crippen LogP contribution in [-0.4, -0.2) is 16.5 Å². The summed E-state index contributed by atoms with van der Waals surface area (Å²) in [7, 11) is 0. The molecule has 0 bridgehead atoms. The monoisotopic (exact) mass is 271 g/mol. The summed E-state index contributed by atoms with van der Waals surface area (Å²) in [6.45, 7) is 1.99. The first kappa shape index (κ1) is 12.4. The van der Waals surface area contributed by atoms with Crippen LogP contribution < -0.4 is 5.32 Å². The molecule has 1 aromatic carbocycles. The normalized spacial score (nSPS) is 11.2. The van der Waals surface area contributed by atoms with Gasteiger partial charge in [-0.25, -0.2) is 4.98 Å². The zero-order chi connectivity index (χ0) is 12.9. The fraction of sp³-hybridized carbons (Fsp3) is 0.267. The van der Waals surface area contributed by atoms with Crippen molar-refractivity contribution in [3.63, 3.8) is 0 Å². The molecule has 0 saturated carbocycles. The summed E-state index contributed by atoms with van der Waals surface area (Å²) in [6.07, 6.45) is 2.09. The molecule has 0 spiro atoms. The molecule has 2 heterocycles. The fourth-order valence-corrected chi connectivity index (χ4v) is 2.80. The smallest absolute Gasteiger partial charge is 0.107 e. The van der Waals surface area contributed by atoms with E-state index in [9.17, 15) is 0 Å². The Morgan fingerprint density at radius 2 is 2.11 bits per heavy atom. The van der Waals surface area contributed by atoms with E-state index in [0.29, 0.717) is 0 Å². The predicted molar refractivity (Wildman–Crippen MR) is 80.4 cm³/mol. The molecule has 0 saturated heterocycles. The highest BCUT2D eigenvalue weighted by Gasteiger charge is 2.01. The molecule has 0 radical (unpaired) electrons. The van der Waals surface area contributed by atoms with E-state index >= 15 is 0 Å². The molecule has 2 aromatic heterocycles. The number of rotatable bonds is 6. The maximum Gasteiger partial charge on any atom is 0.107 e. The third-order valence-electron chi connectivity index (χ3n) is 3.08. The van der Waals surface area contributed by atoms with E-state index < -0.39 is 0 Å². The van der Waals surface area contributed by atoms with E-state index in [1.165, 1.54) is 4.88 Å². The van der Waals surface area contributed by atoms with Crippen LogP contribution in [0.2, 0.25) is 0 Å². The van der Waals surface area contributed by atoms with Crippen LogP contribution >= 0.6 is 11.3 Å². The van der Waals surface area contributed by atoms with Gasteiger partial charge < -0.3 is 10.3 Å². The fourth-order valence-electron chi connectivity index (χ4n) is 2.13. The van der Waals surface area contributed by atoms with Crippen LogP contribution in [-0.2, 0) is 13.0 Å². The van der Waals surface area contributed by atoms with Gasteiger partial charge in [0.15, 0.2) is 0 Å². The molecular weight excluding hydrogens is 254 g/mol. The van der Waals surface area contributed by atoms with Gasteiger partial charge in [-0.05, 0) is 36.5 Å². The molecule has 3 nitrogen and oxygen atoms in total. The number of aromatic amines is 1. The first-order valence-corrected chi connectivity index (χ1v) is 7.46. The van der Waals surface area contributed by atoms with Gasteiger partial charge >= 0.3 is 0 Å². The number of H-pyrrole nitrogens is 1. The van der Waals surface area contributed by atoms with Crippen LogP contribution in [0.4, 0.5) is 0 Å². The molecule has 4 heteroatoms. The average Bonchev–Trinajstić information content (AvgIpc) is 3.06. The van der Waals surface area contributed by atoms with Gasteiger partial charge in [-0.15, -0.1) is 11.3 Å². The van der Waals surface area contributed by atoms with Gasteiger partial charge in [0.2, 0.25) is 0 Å². The summed E-state index contributed by atoms with van der Waals surface area (Å²) < 4.78 is 0. The Kier molecular flexibility index (Phi) is 3.91. The standard InChI is InChI=1S/C15H17N3S/c1-2-7-14-13(6-1)17-15(18-14)8-3-9-16-11-12-5-4-10-19-12/h1-2,4-7,10,16H,3,8-9,11H2,(H,17,18). The van der Waals surface area contributed by atoms with Crippen LogP contribution in [0.15, 0.2) is 41.8 Å². The van der Waals surface area contributed by atoms with Crippen molar-refractivity contribution in [1.82, 2.24) is 15.3 Å². The molecule has 0 aliphatic carbocycles. The highest BCUT2D eigenvalue weighted by Crippen LogP contribution is 2.11. The molecule has 2 N–H and O–H groups in total. The lowest BCUT2D eigenvalue weighted by molar-refractivity contribution is 0.646. The number of aromatic nitrogens is 2. The predicted octanol–water partition coefficient (Wildman–Crippen LogP) is 3.35. The number of imidazole rings is 1. The second-order valence-electron chi connectivity index (χ2n) is 4.56. The first-order valence-electron chi connectivity index (χ1n) is 6.58. The Balaban J connectivity index is 1.44. The zero-order valence-corrected chi connectivity index (χ0v) is 11.5. The van der Waals surface area contributed by atoms with Crippen molar-refractivity contribution in [1.29, 1.82) is 0 Å². The molecule has 3 aromatic rings. The van der Waals surface area contributed by atoms with Crippen LogP contribution in [0.5, 0.6) is 0 Å². The Morgan fingerprint density at radius 1 is 1.16 bits per heavy atom. The lowest BCUT2D eigenvalue weighted by atomic mass is 10.3. The summed E-state index contributed by atoms with van der Waals surface area (Å²) >= 11 is 1.80. The minimum Gasteiger partial charge on any atom is -0.342 e. The molecule has 0 atom stereocenters. The van der Waals surface area contributed by atoms with Crippen LogP contribution in [0.3, 0.4) is 0 Å². The van der Waals surface area contributed by atoms with E-state index in [4.69, 9.17) is 0 Å². The SMILES string of the molecule is c1csc(CNCCCc2nc3ccccc3[nH]2)c1. The number of nitrogens with one attached hydrogen (secondary N) is 2. The molecular formula is C15H17N3S. The lowest BCUT2D eigenvalue weighted by Gasteiger charge is -2.01. The number of benzene rings is 1. The Bertz CT molecular complexity index is 595. The number of thiophene rings is 1. The summed E-state index contributed by atoms with van der Waals surface area (Å²) in [5.74, 6) is 1.08. The highest BCUT2D eigenvalue weighted by atomic mass is 32.1. The number of hydrogen-bond acceptors (Lipinski definition) is 3. The van der Waals surface area contributed by atoms with Crippen molar-refractivity contribution in [2.45, 2.75) is 19.4 Å². The van der Waals surface area contributed by atoms with Gasteiger partial charge in [0, 0.05) is 17.8 Å². The maximum atomic E-state index is 4.58. The second kappa shape index (κ2) is 5.99. The average molecular weight is 271 g/mol. The van der Waals surface area contributed by atoms with Crippen molar-refractivity contribution in [2.24, 2.45) is 0 Å². The van der Waals surface area contributed by atoms with Gasteiger partial charge in [0.05, 0.1) is 11.0 Å². The zero-order valence-electron chi connectivity index (χ0n) is 10.7. The van der Waals surface area contributed by atoms with Crippen molar-refractivity contribution < 1.29 is 0 Å². The number of para-hydroxylation sites is 2. The quantitative estimate of drug-likeness (QED) is 0.675. The van der Waals surface area contributed by atoms with E-state index in [1.54, 1.807) is 11.3 Å². The van der Waals surface area contributed by atoms with Gasteiger partial charge in [0.25, 0.3) is 0 Å². The van der Waals surface area contributed by atoms with E-state index in [1.807, 2.05) is 18.2 Å². The van der Waals surface area contributed by atoms with Crippen molar-refractivity contribution in [3.05, 3.63) is 52.5 Å². The minimum atomic E-state index is 0.970. The largest absolute Gasteiger partial charge is 0.342 e. The molecule has 0 amide bonds. The maximum absolute atomic E-state index is 4.58. The van der Waals surface area contributed by atoms with Crippen molar-refractivity contribution in [2.75, 3.05) is 6.54 Å². The molecule has 98 valence electrons. The van der Waals surface area contributed by atoms with Gasteiger partial charge in [-0.3, -0.25) is 0 Å². The van der Waals surface area contributed by atoms with E-state index in [-0.39, 0.29) is 0 Å². The second-order valence-corrected chi connectivity index (χ2v) is 5.59. The van der Waals surface area contributed by atoms with Crippen LogP contribution in [0.25, 0.3) is 11.0 Å². The first-order chi connectivity index (χ1) is 9.42. The van der Waals surface area contributed by atoms with Crippen molar-refractivity contribution in [3.8, 4) is 0 Å². The van der Waals surface area contributed by atoms with Crippen molar-refractivity contribution >= 4 is 22.4 Å². The molecule has 0 fully saturated rings. The number of fused-ring (bicyclic) bond motifs is 1. The summed E-state index contributed by atoms with van der Waals surface area (Å²) in [6, 6.07) is 12.4. The number of nitrogens with zero attached hydrogens (tertiary/aromatic N) is 1. The molecule has 0 unspecified atom stereocenters. The third kappa shape index (κ3) is 3.22. The summed E-state index contributed by atoms with van der Waals surface area (Å²) in [5, 5.41) is 5.58. The Labute approximate surface area is 116 Å². The minimum absolute atomic E-state index is 0.970. The van der Waals surface area contributed by atoms with Gasteiger partial charge in [-0.2, -0.15) is 0 Å². The third-order valence-corrected chi connectivity index (χ3v) is 3.96. The number of aryl methyl sites for hydroxylation is 1. The summed E-state index contributed by atoms with van der Waals surface area (Å²) in [4.78, 5) is 9.33.